The molecule has 0 saturated heterocycles. The van der Waals surface area contributed by atoms with E-state index < -0.39 is 18.2 Å². The van der Waals surface area contributed by atoms with Crippen LogP contribution in [0.2, 0.25) is 0 Å². The Morgan fingerprint density at radius 3 is 1.51 bits per heavy atom. The molecule has 0 fully saturated rings. The van der Waals surface area contributed by atoms with Gasteiger partial charge in [-0.1, -0.05) is 191 Å². The van der Waals surface area contributed by atoms with Gasteiger partial charge in [0.25, 0.3) is 0 Å². The molecule has 0 aliphatic rings. The number of hydrogen-bond acceptors (Lipinski definition) is 5. The molecule has 6 heteroatoms. The molecule has 0 saturated carbocycles. The molecule has 6 nitrogen and oxygen atoms in total. The summed E-state index contributed by atoms with van der Waals surface area (Å²) in [4.78, 5) is 26.0. The summed E-state index contributed by atoms with van der Waals surface area (Å²) in [6.45, 7) is 6.33. The number of allylic oxidation sites excluding steroid dienone is 8. The number of aliphatic hydroxyl groups is 2. The van der Waals surface area contributed by atoms with Crippen LogP contribution in [0.25, 0.3) is 0 Å². The van der Waals surface area contributed by atoms with E-state index in [4.69, 9.17) is 4.74 Å². The number of carbonyl (C=O) groups excluding carboxylic acids is 2. The maximum Gasteiger partial charge on any atom is 0.306 e. The van der Waals surface area contributed by atoms with E-state index in [0.717, 1.165) is 103 Å². The van der Waals surface area contributed by atoms with Crippen molar-refractivity contribution in [1.29, 1.82) is 0 Å². The summed E-state index contributed by atoms with van der Waals surface area (Å²) in [5, 5.41) is 23.7. The Balaban J connectivity index is 4.56. The smallest absolute Gasteiger partial charge is 0.306 e. The highest BCUT2D eigenvalue weighted by Crippen LogP contribution is 2.17. The van der Waals surface area contributed by atoms with Gasteiger partial charge in [0.05, 0.1) is 25.2 Å². The molecule has 0 aromatic heterocycles. The van der Waals surface area contributed by atoms with Crippen molar-refractivity contribution >= 4 is 11.9 Å². The van der Waals surface area contributed by atoms with Crippen LogP contribution in [-0.2, 0) is 14.3 Å². The zero-order chi connectivity index (χ0) is 41.7. The Morgan fingerprint density at radius 2 is 0.947 bits per heavy atom. The van der Waals surface area contributed by atoms with Crippen LogP contribution in [0.5, 0.6) is 0 Å². The fourth-order valence-corrected chi connectivity index (χ4v) is 7.20. The van der Waals surface area contributed by atoms with Crippen LogP contribution in [0, 0.1) is 0 Å². The summed E-state index contributed by atoms with van der Waals surface area (Å²) in [6.07, 6.45) is 53.1. The zero-order valence-corrected chi connectivity index (χ0v) is 37.7. The SMILES string of the molecule is CC/C=C/C/C=C/C/C=C/CCCCCCC(=O)OC(CCCCC/C=C\CCCCC)CC(=O)NC(CO)C(O)CCCCCCCCCCCCCCCC. The lowest BCUT2D eigenvalue weighted by molar-refractivity contribution is -0.151. The number of unbranched alkanes of at least 4 members (excludes halogenated alkanes) is 23. The van der Waals surface area contributed by atoms with Crippen molar-refractivity contribution in [2.75, 3.05) is 6.61 Å². The molecule has 0 aromatic carbocycles. The van der Waals surface area contributed by atoms with E-state index in [2.05, 4.69) is 74.7 Å². The normalized spacial score (nSPS) is 13.7. The second kappa shape index (κ2) is 44.9. The number of esters is 1. The van der Waals surface area contributed by atoms with Crippen LogP contribution < -0.4 is 5.32 Å². The van der Waals surface area contributed by atoms with Crippen LogP contribution in [-0.4, -0.2) is 46.9 Å². The van der Waals surface area contributed by atoms with Crippen molar-refractivity contribution in [3.8, 4) is 0 Å². The molecule has 3 atom stereocenters. The van der Waals surface area contributed by atoms with E-state index in [9.17, 15) is 19.8 Å². The third kappa shape index (κ3) is 40.4. The average molecular weight is 800 g/mol. The second-order valence-electron chi connectivity index (χ2n) is 16.5. The number of amides is 1. The minimum atomic E-state index is -0.794. The summed E-state index contributed by atoms with van der Waals surface area (Å²) in [5.41, 5.74) is 0. The van der Waals surface area contributed by atoms with E-state index >= 15 is 0 Å². The van der Waals surface area contributed by atoms with E-state index in [0.29, 0.717) is 19.3 Å². The van der Waals surface area contributed by atoms with Crippen molar-refractivity contribution in [3.63, 3.8) is 0 Å². The fourth-order valence-electron chi connectivity index (χ4n) is 7.20. The lowest BCUT2D eigenvalue weighted by Crippen LogP contribution is -2.46. The Labute approximate surface area is 353 Å². The van der Waals surface area contributed by atoms with Crippen molar-refractivity contribution in [2.24, 2.45) is 0 Å². The Morgan fingerprint density at radius 1 is 0.526 bits per heavy atom. The van der Waals surface area contributed by atoms with Crippen molar-refractivity contribution < 1.29 is 24.5 Å². The van der Waals surface area contributed by atoms with Crippen LogP contribution in [0.3, 0.4) is 0 Å². The highest BCUT2D eigenvalue weighted by Gasteiger charge is 2.24. The van der Waals surface area contributed by atoms with Crippen LogP contribution in [0.4, 0.5) is 0 Å². The second-order valence-corrected chi connectivity index (χ2v) is 16.5. The molecular formula is C51H93NO5. The number of nitrogens with one attached hydrogen (secondary N) is 1. The lowest BCUT2D eigenvalue weighted by atomic mass is 10.0. The molecular weight excluding hydrogens is 707 g/mol. The molecule has 0 aliphatic heterocycles. The average Bonchev–Trinajstić information content (AvgIpc) is 3.20. The topological polar surface area (TPSA) is 95.9 Å². The Kier molecular flexibility index (Phi) is 43.2. The van der Waals surface area contributed by atoms with Crippen molar-refractivity contribution in [2.45, 2.75) is 257 Å². The van der Waals surface area contributed by atoms with Gasteiger partial charge in [0, 0.05) is 6.42 Å². The first-order valence-electron chi connectivity index (χ1n) is 24.4. The number of ether oxygens (including phenoxy) is 1. The number of hydrogen-bond donors (Lipinski definition) is 3. The quantitative estimate of drug-likeness (QED) is 0.0324. The van der Waals surface area contributed by atoms with Crippen LogP contribution in [0.1, 0.15) is 239 Å². The molecule has 3 N–H and O–H groups in total. The van der Waals surface area contributed by atoms with Gasteiger partial charge >= 0.3 is 5.97 Å². The minimum absolute atomic E-state index is 0.0577. The van der Waals surface area contributed by atoms with Crippen LogP contribution in [0.15, 0.2) is 48.6 Å². The number of aliphatic hydroxyl groups excluding tert-OH is 2. The zero-order valence-electron chi connectivity index (χ0n) is 37.7. The largest absolute Gasteiger partial charge is 0.462 e. The Hall–Kier alpha value is -2.18. The summed E-state index contributed by atoms with van der Waals surface area (Å²) in [5.74, 6) is -0.515. The first-order chi connectivity index (χ1) is 28.0. The van der Waals surface area contributed by atoms with E-state index in [-0.39, 0.29) is 24.9 Å². The van der Waals surface area contributed by atoms with Gasteiger partial charge in [-0.05, 0) is 83.5 Å². The van der Waals surface area contributed by atoms with Crippen molar-refractivity contribution in [1.82, 2.24) is 5.32 Å². The van der Waals surface area contributed by atoms with Crippen LogP contribution >= 0.6 is 0 Å². The molecule has 0 aliphatic carbocycles. The molecule has 57 heavy (non-hydrogen) atoms. The first kappa shape index (κ1) is 54.8. The predicted molar refractivity (Wildman–Crippen MR) is 245 cm³/mol. The summed E-state index contributed by atoms with van der Waals surface area (Å²) in [6, 6.07) is -0.709. The van der Waals surface area contributed by atoms with Gasteiger partial charge in [0.1, 0.15) is 6.10 Å². The van der Waals surface area contributed by atoms with E-state index in [1.807, 2.05) is 0 Å². The summed E-state index contributed by atoms with van der Waals surface area (Å²) >= 11 is 0. The predicted octanol–water partition coefficient (Wildman–Crippen LogP) is 14.3. The first-order valence-corrected chi connectivity index (χ1v) is 24.4. The highest BCUT2D eigenvalue weighted by atomic mass is 16.5. The van der Waals surface area contributed by atoms with Gasteiger partial charge in [0.2, 0.25) is 5.91 Å². The van der Waals surface area contributed by atoms with Gasteiger partial charge in [-0.2, -0.15) is 0 Å². The fraction of sp³-hybridized carbons (Fsp3) is 0.804. The van der Waals surface area contributed by atoms with Crippen molar-refractivity contribution in [3.05, 3.63) is 48.6 Å². The third-order valence-electron chi connectivity index (χ3n) is 10.9. The Bertz CT molecular complexity index is 988. The molecule has 0 radical (unpaired) electrons. The highest BCUT2D eigenvalue weighted by molar-refractivity contribution is 5.77. The standard InChI is InChI=1S/C51H93NO5/c1-4-7-10-13-16-19-22-24-26-28-31-34-37-40-43-49(54)48(46-53)52-50(55)45-47(42-39-36-33-30-21-18-15-12-9-6-3)57-51(56)44-41-38-35-32-29-27-25-23-20-17-14-11-8-5-2/h8,11,17-18,20-21,25,27,47-49,53-54H,4-7,9-10,12-16,19,22-24,26,28-46H2,1-3H3,(H,52,55)/b11-8+,20-17+,21-18-,27-25+. The maximum absolute atomic E-state index is 13.1. The van der Waals surface area contributed by atoms with Gasteiger partial charge in [-0.3, -0.25) is 9.59 Å². The van der Waals surface area contributed by atoms with Gasteiger partial charge in [-0.15, -0.1) is 0 Å². The summed E-state index contributed by atoms with van der Waals surface area (Å²) in [7, 11) is 0. The van der Waals surface area contributed by atoms with Gasteiger partial charge in [-0.25, -0.2) is 0 Å². The lowest BCUT2D eigenvalue weighted by Gasteiger charge is -2.24. The molecule has 0 heterocycles. The van der Waals surface area contributed by atoms with E-state index in [1.54, 1.807) is 0 Å². The molecule has 0 spiro atoms. The maximum atomic E-state index is 13.1. The molecule has 0 rings (SSSR count). The molecule has 1 amide bonds. The molecule has 332 valence electrons. The monoisotopic (exact) mass is 800 g/mol. The number of carbonyl (C=O) groups is 2. The van der Waals surface area contributed by atoms with Gasteiger partial charge in [0.15, 0.2) is 0 Å². The van der Waals surface area contributed by atoms with E-state index in [1.165, 1.54) is 89.9 Å². The van der Waals surface area contributed by atoms with Gasteiger partial charge < -0.3 is 20.3 Å². The minimum Gasteiger partial charge on any atom is -0.462 e. The molecule has 0 bridgehead atoms. The molecule has 3 unspecified atom stereocenters. The third-order valence-corrected chi connectivity index (χ3v) is 10.9. The summed E-state index contributed by atoms with van der Waals surface area (Å²) < 4.78 is 5.89. The molecule has 0 aromatic rings. The number of rotatable bonds is 43.